The van der Waals surface area contributed by atoms with Crippen LogP contribution in [0.3, 0.4) is 0 Å². The molecule has 2 fully saturated rings. The summed E-state index contributed by atoms with van der Waals surface area (Å²) in [5.41, 5.74) is 0. The molecule has 1 aromatic heterocycles. The summed E-state index contributed by atoms with van der Waals surface area (Å²) >= 11 is 0. The van der Waals surface area contributed by atoms with Gasteiger partial charge in [0, 0.05) is 45.6 Å². The largest absolute Gasteiger partial charge is 0.335 e. The molecule has 0 bridgehead atoms. The molecular weight excluding hydrogens is 410 g/mol. The van der Waals surface area contributed by atoms with Crippen LogP contribution in [0.4, 0.5) is 0 Å². The number of H-pyrrole nitrogens is 1. The summed E-state index contributed by atoms with van der Waals surface area (Å²) in [6, 6.07) is 0. The topological polar surface area (TPSA) is 141 Å². The number of carbonyl (C=O) groups is 2. The number of amides is 2. The van der Waals surface area contributed by atoms with E-state index in [-0.39, 0.29) is 68.2 Å². The number of carbonyl (C=O) groups excluding carboxylic acids is 2. The first kappa shape index (κ1) is 20.9. The minimum absolute atomic E-state index is 0.0115. The van der Waals surface area contributed by atoms with Gasteiger partial charge in [0.1, 0.15) is 0 Å². The molecule has 0 aromatic carbocycles. The zero-order valence-corrected chi connectivity index (χ0v) is 16.9. The molecule has 0 spiro atoms. The van der Waals surface area contributed by atoms with Crippen molar-refractivity contribution >= 4 is 31.9 Å². The van der Waals surface area contributed by atoms with Crippen molar-refractivity contribution in [2.45, 2.75) is 30.7 Å². The summed E-state index contributed by atoms with van der Waals surface area (Å²) in [4.78, 5) is 30.9. The fourth-order valence-corrected chi connectivity index (χ4v) is 6.10. The second-order valence-electron chi connectivity index (χ2n) is 6.68. The molecule has 2 amide bonds. The van der Waals surface area contributed by atoms with Crippen LogP contribution in [0.15, 0.2) is 17.6 Å². The normalized spacial score (nSPS) is 21.1. The summed E-state index contributed by atoms with van der Waals surface area (Å²) in [6.07, 6.45) is 3.81. The summed E-state index contributed by atoms with van der Waals surface area (Å²) in [5, 5.41) is -0.0362. The van der Waals surface area contributed by atoms with Crippen LogP contribution in [0.1, 0.15) is 25.7 Å². The summed E-state index contributed by atoms with van der Waals surface area (Å²) in [7, 11) is -7.49. The quantitative estimate of drug-likeness (QED) is 0.566. The highest BCUT2D eigenvalue weighted by Gasteiger charge is 2.33. The number of hydrogen-bond acceptors (Lipinski definition) is 7. The Bertz CT molecular complexity index is 912. The third-order valence-corrected chi connectivity index (χ3v) is 8.53. The van der Waals surface area contributed by atoms with Gasteiger partial charge in [-0.3, -0.25) is 14.5 Å². The highest BCUT2D eigenvalue weighted by Crippen LogP contribution is 2.17. The van der Waals surface area contributed by atoms with Gasteiger partial charge in [-0.25, -0.2) is 26.1 Å². The fourth-order valence-electron chi connectivity index (χ4n) is 3.30. The molecule has 2 saturated heterocycles. The van der Waals surface area contributed by atoms with Gasteiger partial charge in [0.15, 0.2) is 5.03 Å². The standard InChI is InChI=1S/C15H23N5O6S2/c21-14-3-1-4-15(22)20(14)9-10-27(23,24)18-5-2-6-19(8-7-18)28(25,26)13-11-16-12-17-13/h11-12H,1-10H2,(H,16,17). The lowest BCUT2D eigenvalue weighted by Gasteiger charge is -2.26. The van der Waals surface area contributed by atoms with Crippen LogP contribution in [0, 0.1) is 0 Å². The number of hydrogen-bond donors (Lipinski definition) is 1. The second-order valence-corrected chi connectivity index (χ2v) is 10.7. The molecule has 0 saturated carbocycles. The number of likely N-dealkylation sites (tertiary alicyclic amines) is 1. The molecule has 156 valence electrons. The van der Waals surface area contributed by atoms with Gasteiger partial charge in [-0.15, -0.1) is 0 Å². The van der Waals surface area contributed by atoms with Gasteiger partial charge in [0.05, 0.1) is 18.3 Å². The molecule has 3 rings (SSSR count). The first-order valence-corrected chi connectivity index (χ1v) is 12.1. The van der Waals surface area contributed by atoms with Crippen LogP contribution < -0.4 is 0 Å². The second kappa shape index (κ2) is 8.27. The van der Waals surface area contributed by atoms with E-state index in [0.717, 1.165) is 4.90 Å². The number of piperidine rings is 1. The van der Waals surface area contributed by atoms with Crippen molar-refractivity contribution in [3.8, 4) is 0 Å². The van der Waals surface area contributed by atoms with E-state index < -0.39 is 20.0 Å². The summed E-state index contributed by atoms with van der Waals surface area (Å²) in [5.74, 6) is -1.06. The summed E-state index contributed by atoms with van der Waals surface area (Å²) in [6.45, 7) is 0.224. The number of nitrogens with zero attached hydrogens (tertiary/aromatic N) is 4. The number of imidazole rings is 1. The van der Waals surface area contributed by atoms with Crippen LogP contribution in [-0.2, 0) is 29.6 Å². The van der Waals surface area contributed by atoms with E-state index in [2.05, 4.69) is 9.97 Å². The number of nitrogens with one attached hydrogen (secondary N) is 1. The lowest BCUT2D eigenvalue weighted by atomic mass is 10.1. The fraction of sp³-hybridized carbons (Fsp3) is 0.667. The molecule has 0 aliphatic carbocycles. The first-order valence-electron chi connectivity index (χ1n) is 9.01. The van der Waals surface area contributed by atoms with Gasteiger partial charge < -0.3 is 4.98 Å². The van der Waals surface area contributed by atoms with Crippen molar-refractivity contribution in [3.05, 3.63) is 12.5 Å². The van der Waals surface area contributed by atoms with E-state index in [0.29, 0.717) is 12.8 Å². The van der Waals surface area contributed by atoms with Crippen molar-refractivity contribution in [3.63, 3.8) is 0 Å². The van der Waals surface area contributed by atoms with E-state index in [1.807, 2.05) is 0 Å². The third-order valence-electron chi connectivity index (χ3n) is 4.85. The maximum atomic E-state index is 12.7. The Morgan fingerprint density at radius 3 is 2.21 bits per heavy atom. The molecule has 0 atom stereocenters. The van der Waals surface area contributed by atoms with Crippen LogP contribution in [0.25, 0.3) is 0 Å². The molecule has 2 aliphatic rings. The van der Waals surface area contributed by atoms with Crippen molar-refractivity contribution in [2.75, 3.05) is 38.5 Å². The smallest absolute Gasteiger partial charge is 0.260 e. The first-order chi connectivity index (χ1) is 13.2. The Morgan fingerprint density at radius 2 is 1.57 bits per heavy atom. The van der Waals surface area contributed by atoms with Crippen LogP contribution in [0.5, 0.6) is 0 Å². The van der Waals surface area contributed by atoms with Crippen molar-refractivity contribution in [2.24, 2.45) is 0 Å². The lowest BCUT2D eigenvalue weighted by molar-refractivity contribution is -0.147. The predicted octanol–water partition coefficient (Wildman–Crippen LogP) is -1.02. The Hall–Kier alpha value is -1.83. The van der Waals surface area contributed by atoms with Gasteiger partial charge in [0.25, 0.3) is 10.0 Å². The monoisotopic (exact) mass is 433 g/mol. The molecular formula is C15H23N5O6S2. The van der Waals surface area contributed by atoms with E-state index in [9.17, 15) is 26.4 Å². The van der Waals surface area contributed by atoms with Crippen LogP contribution in [0.2, 0.25) is 0 Å². The average molecular weight is 434 g/mol. The highest BCUT2D eigenvalue weighted by atomic mass is 32.2. The molecule has 0 unspecified atom stereocenters. The average Bonchev–Trinajstić information content (AvgIpc) is 3.06. The Labute approximate surface area is 163 Å². The van der Waals surface area contributed by atoms with Gasteiger partial charge in [-0.1, -0.05) is 0 Å². The summed E-state index contributed by atoms with van der Waals surface area (Å²) < 4.78 is 52.9. The molecule has 28 heavy (non-hydrogen) atoms. The van der Waals surface area contributed by atoms with Gasteiger partial charge in [-0.2, -0.15) is 4.31 Å². The van der Waals surface area contributed by atoms with E-state index in [4.69, 9.17) is 0 Å². The maximum absolute atomic E-state index is 12.7. The van der Waals surface area contributed by atoms with Crippen molar-refractivity contribution < 1.29 is 26.4 Å². The van der Waals surface area contributed by atoms with Crippen molar-refractivity contribution in [1.29, 1.82) is 0 Å². The molecule has 0 radical (unpaired) electrons. The van der Waals surface area contributed by atoms with E-state index in [1.54, 1.807) is 0 Å². The number of aromatic amines is 1. The Kier molecular flexibility index (Phi) is 6.17. The predicted molar refractivity (Wildman–Crippen MR) is 97.9 cm³/mol. The third kappa shape index (κ3) is 4.42. The minimum atomic E-state index is -3.76. The minimum Gasteiger partial charge on any atom is -0.335 e. The van der Waals surface area contributed by atoms with E-state index in [1.165, 1.54) is 21.1 Å². The SMILES string of the molecule is O=C1CCCC(=O)N1CCS(=O)(=O)N1CCCN(S(=O)(=O)c2cnc[nH]2)CC1. The number of sulfonamides is 2. The van der Waals surface area contributed by atoms with Crippen LogP contribution >= 0.6 is 0 Å². The lowest BCUT2D eigenvalue weighted by Crippen LogP contribution is -2.45. The molecule has 3 heterocycles. The molecule has 1 aromatic rings. The molecule has 1 N–H and O–H groups in total. The Balaban J connectivity index is 1.62. The number of rotatable bonds is 6. The number of imide groups is 1. The van der Waals surface area contributed by atoms with Crippen molar-refractivity contribution in [1.82, 2.24) is 23.5 Å². The molecule has 11 nitrogen and oxygen atoms in total. The van der Waals surface area contributed by atoms with Gasteiger partial charge >= 0.3 is 0 Å². The highest BCUT2D eigenvalue weighted by molar-refractivity contribution is 7.89. The maximum Gasteiger partial charge on any atom is 0.260 e. The van der Waals surface area contributed by atoms with Crippen LogP contribution in [-0.4, -0.2) is 90.6 Å². The molecule has 13 heteroatoms. The number of aromatic nitrogens is 2. The van der Waals surface area contributed by atoms with E-state index >= 15 is 0 Å². The zero-order valence-electron chi connectivity index (χ0n) is 15.3. The Morgan fingerprint density at radius 1 is 0.929 bits per heavy atom. The van der Waals surface area contributed by atoms with Gasteiger partial charge in [-0.05, 0) is 12.8 Å². The molecule has 2 aliphatic heterocycles. The van der Waals surface area contributed by atoms with Gasteiger partial charge in [0.2, 0.25) is 21.8 Å². The zero-order chi connectivity index (χ0) is 20.4.